The van der Waals surface area contributed by atoms with E-state index >= 15 is 0 Å². The van der Waals surface area contributed by atoms with Gasteiger partial charge >= 0.3 is 0 Å². The van der Waals surface area contributed by atoms with E-state index in [9.17, 15) is 9.59 Å². The van der Waals surface area contributed by atoms with Crippen LogP contribution in [0, 0.1) is 6.92 Å². The second-order valence-corrected chi connectivity index (χ2v) is 5.63. The summed E-state index contributed by atoms with van der Waals surface area (Å²) in [5, 5.41) is 2.73. The van der Waals surface area contributed by atoms with Crippen LogP contribution < -0.4 is 14.8 Å². The van der Waals surface area contributed by atoms with Gasteiger partial charge in [0.15, 0.2) is 6.61 Å². The zero-order valence-electron chi connectivity index (χ0n) is 14.6. The number of nitrogens with zero attached hydrogens (tertiary/aromatic N) is 1. The van der Waals surface area contributed by atoms with Crippen molar-refractivity contribution in [3.05, 3.63) is 54.1 Å². The van der Waals surface area contributed by atoms with Gasteiger partial charge in [0.1, 0.15) is 11.5 Å². The Kier molecular flexibility index (Phi) is 6.39. The Morgan fingerprint density at radius 3 is 2.44 bits per heavy atom. The third kappa shape index (κ3) is 5.84. The summed E-state index contributed by atoms with van der Waals surface area (Å²) in [6, 6.07) is 14.4. The molecule has 1 N–H and O–H groups in total. The minimum atomic E-state index is -0.281. The van der Waals surface area contributed by atoms with Crippen LogP contribution in [0.4, 0.5) is 5.69 Å². The number of anilines is 1. The molecule has 2 aromatic rings. The van der Waals surface area contributed by atoms with Crippen molar-refractivity contribution in [2.24, 2.45) is 0 Å². The molecule has 6 heteroatoms. The monoisotopic (exact) mass is 342 g/mol. The van der Waals surface area contributed by atoms with Gasteiger partial charge in [0.2, 0.25) is 5.91 Å². The molecule has 0 aliphatic heterocycles. The lowest BCUT2D eigenvalue weighted by atomic mass is 10.2. The number of hydrogen-bond donors (Lipinski definition) is 1. The van der Waals surface area contributed by atoms with E-state index in [1.165, 1.54) is 4.90 Å². The molecule has 0 aliphatic carbocycles. The second kappa shape index (κ2) is 8.73. The molecule has 0 spiro atoms. The number of carbonyl (C=O) groups excluding carboxylic acids is 2. The SMILES string of the molecule is COc1ccc(NC(=O)CN(C)C(=O)COc2cccc(C)c2)cc1. The minimum absolute atomic E-state index is 0.0535. The highest BCUT2D eigenvalue weighted by atomic mass is 16.5. The summed E-state index contributed by atoms with van der Waals surface area (Å²) < 4.78 is 10.5. The number of methoxy groups -OCH3 is 1. The number of likely N-dealkylation sites (N-methyl/N-ethyl adjacent to an activating group) is 1. The maximum Gasteiger partial charge on any atom is 0.260 e. The number of rotatable bonds is 7. The van der Waals surface area contributed by atoms with Crippen LogP contribution in [0.25, 0.3) is 0 Å². The molecule has 0 heterocycles. The molecule has 0 bridgehead atoms. The highest BCUT2D eigenvalue weighted by molar-refractivity contribution is 5.94. The summed E-state index contributed by atoms with van der Waals surface area (Å²) in [7, 11) is 3.14. The first-order chi connectivity index (χ1) is 12.0. The number of carbonyl (C=O) groups is 2. The summed E-state index contributed by atoms with van der Waals surface area (Å²) in [5.74, 6) is 0.783. The van der Waals surface area contributed by atoms with Crippen molar-refractivity contribution in [3.8, 4) is 11.5 Å². The van der Waals surface area contributed by atoms with Crippen LogP contribution in [0.5, 0.6) is 11.5 Å². The van der Waals surface area contributed by atoms with Gasteiger partial charge in [0, 0.05) is 12.7 Å². The molecule has 2 amide bonds. The predicted molar refractivity (Wildman–Crippen MR) is 95.9 cm³/mol. The Hall–Kier alpha value is -3.02. The highest BCUT2D eigenvalue weighted by Gasteiger charge is 2.14. The first kappa shape index (κ1) is 18.3. The number of hydrogen-bond acceptors (Lipinski definition) is 4. The smallest absolute Gasteiger partial charge is 0.260 e. The van der Waals surface area contributed by atoms with Crippen LogP contribution in [0.2, 0.25) is 0 Å². The van der Waals surface area contributed by atoms with E-state index in [-0.39, 0.29) is 25.0 Å². The fourth-order valence-electron chi connectivity index (χ4n) is 2.14. The number of ether oxygens (including phenoxy) is 2. The molecule has 25 heavy (non-hydrogen) atoms. The molecule has 0 radical (unpaired) electrons. The van der Waals surface area contributed by atoms with Crippen LogP contribution in [0.1, 0.15) is 5.56 Å². The van der Waals surface area contributed by atoms with Crippen molar-refractivity contribution in [3.63, 3.8) is 0 Å². The molecule has 132 valence electrons. The van der Waals surface area contributed by atoms with Crippen molar-refractivity contribution in [2.45, 2.75) is 6.92 Å². The number of aryl methyl sites for hydroxylation is 1. The molecule has 0 unspecified atom stereocenters. The molecule has 0 saturated heterocycles. The van der Waals surface area contributed by atoms with Gasteiger partial charge in [-0.15, -0.1) is 0 Å². The molecule has 0 aliphatic rings. The topological polar surface area (TPSA) is 67.9 Å². The lowest BCUT2D eigenvalue weighted by molar-refractivity contribution is -0.135. The predicted octanol–water partition coefficient (Wildman–Crippen LogP) is 2.48. The molecule has 0 aromatic heterocycles. The summed E-state index contributed by atoms with van der Waals surface area (Å²) >= 11 is 0. The molecular formula is C19H22N2O4. The van der Waals surface area contributed by atoms with Crippen LogP contribution in [0.3, 0.4) is 0 Å². The fraction of sp³-hybridized carbons (Fsp3) is 0.263. The number of benzene rings is 2. The number of nitrogens with one attached hydrogen (secondary N) is 1. The van der Waals surface area contributed by atoms with E-state index in [1.54, 1.807) is 44.5 Å². The van der Waals surface area contributed by atoms with Crippen LogP contribution >= 0.6 is 0 Å². The van der Waals surface area contributed by atoms with Gasteiger partial charge in [0.25, 0.3) is 5.91 Å². The summed E-state index contributed by atoms with van der Waals surface area (Å²) in [5.41, 5.74) is 1.69. The average Bonchev–Trinajstić information content (AvgIpc) is 2.60. The van der Waals surface area contributed by atoms with E-state index in [1.807, 2.05) is 25.1 Å². The van der Waals surface area contributed by atoms with Crippen LogP contribution in [-0.4, -0.2) is 44.0 Å². The Morgan fingerprint density at radius 1 is 1.08 bits per heavy atom. The molecular weight excluding hydrogens is 320 g/mol. The maximum atomic E-state index is 12.1. The molecule has 6 nitrogen and oxygen atoms in total. The van der Waals surface area contributed by atoms with Crippen LogP contribution in [0.15, 0.2) is 48.5 Å². The quantitative estimate of drug-likeness (QED) is 0.839. The average molecular weight is 342 g/mol. The third-order valence-electron chi connectivity index (χ3n) is 3.53. The molecule has 2 aromatic carbocycles. The minimum Gasteiger partial charge on any atom is -0.497 e. The lowest BCUT2D eigenvalue weighted by Crippen LogP contribution is -2.37. The van der Waals surface area contributed by atoms with Gasteiger partial charge in [-0.2, -0.15) is 0 Å². The molecule has 0 atom stereocenters. The zero-order valence-corrected chi connectivity index (χ0v) is 14.6. The van der Waals surface area contributed by atoms with E-state index in [2.05, 4.69) is 5.32 Å². The second-order valence-electron chi connectivity index (χ2n) is 5.63. The highest BCUT2D eigenvalue weighted by Crippen LogP contribution is 2.15. The van der Waals surface area contributed by atoms with Crippen molar-refractivity contribution in [1.29, 1.82) is 0 Å². The third-order valence-corrected chi connectivity index (χ3v) is 3.53. The van der Waals surface area contributed by atoms with Crippen molar-refractivity contribution in [1.82, 2.24) is 4.90 Å². The Morgan fingerprint density at radius 2 is 1.80 bits per heavy atom. The largest absolute Gasteiger partial charge is 0.497 e. The lowest BCUT2D eigenvalue weighted by Gasteiger charge is -2.17. The van der Waals surface area contributed by atoms with Gasteiger partial charge in [-0.3, -0.25) is 9.59 Å². The fourth-order valence-corrected chi connectivity index (χ4v) is 2.14. The van der Waals surface area contributed by atoms with E-state index in [0.717, 1.165) is 5.56 Å². The van der Waals surface area contributed by atoms with E-state index in [4.69, 9.17) is 9.47 Å². The van der Waals surface area contributed by atoms with Crippen molar-refractivity contribution < 1.29 is 19.1 Å². The zero-order chi connectivity index (χ0) is 18.2. The van der Waals surface area contributed by atoms with Gasteiger partial charge in [-0.1, -0.05) is 12.1 Å². The van der Waals surface area contributed by atoms with Crippen molar-refractivity contribution >= 4 is 17.5 Å². The number of amides is 2. The summed E-state index contributed by atoms with van der Waals surface area (Å²) in [6.45, 7) is 1.78. The van der Waals surface area contributed by atoms with E-state index < -0.39 is 0 Å². The Balaban J connectivity index is 1.80. The van der Waals surface area contributed by atoms with Crippen molar-refractivity contribution in [2.75, 3.05) is 32.6 Å². The Labute approximate surface area is 147 Å². The first-order valence-corrected chi connectivity index (χ1v) is 7.85. The maximum absolute atomic E-state index is 12.1. The van der Waals surface area contributed by atoms with Gasteiger partial charge < -0.3 is 19.7 Å². The van der Waals surface area contributed by atoms with Gasteiger partial charge in [-0.25, -0.2) is 0 Å². The van der Waals surface area contributed by atoms with Crippen LogP contribution in [-0.2, 0) is 9.59 Å². The summed E-state index contributed by atoms with van der Waals surface area (Å²) in [6.07, 6.45) is 0. The molecule has 2 rings (SSSR count). The Bertz CT molecular complexity index is 728. The molecule has 0 fully saturated rings. The van der Waals surface area contributed by atoms with Gasteiger partial charge in [0.05, 0.1) is 13.7 Å². The molecule has 0 saturated carbocycles. The van der Waals surface area contributed by atoms with Gasteiger partial charge in [-0.05, 0) is 48.9 Å². The standard InChI is InChI=1S/C19H22N2O4/c1-14-5-4-6-17(11-14)25-13-19(23)21(2)12-18(22)20-15-7-9-16(24-3)10-8-15/h4-11H,12-13H2,1-3H3,(H,20,22). The first-order valence-electron chi connectivity index (χ1n) is 7.85. The van der Waals surface area contributed by atoms with E-state index in [0.29, 0.717) is 17.2 Å². The summed E-state index contributed by atoms with van der Waals surface area (Å²) in [4.78, 5) is 25.4. The normalized spacial score (nSPS) is 10.0.